The van der Waals surface area contributed by atoms with E-state index >= 15 is 0 Å². The van der Waals surface area contributed by atoms with Crippen LogP contribution >= 0.6 is 0 Å². The largest absolute Gasteiger partial charge is 0.492 e. The second kappa shape index (κ2) is 13.4. The lowest BCUT2D eigenvalue weighted by molar-refractivity contribution is -0.152. The number of carbonyl (C=O) groups is 1. The van der Waals surface area contributed by atoms with E-state index in [9.17, 15) is 4.79 Å². The molecule has 0 amide bonds. The average Bonchev–Trinajstić information content (AvgIpc) is 3.42. The Morgan fingerprint density at radius 1 is 0.865 bits per heavy atom. The first-order chi connectivity index (χ1) is 17.9. The van der Waals surface area contributed by atoms with Crippen molar-refractivity contribution in [1.82, 2.24) is 15.0 Å². The number of hydrogen-bond donors (Lipinski definition) is 1. The van der Waals surface area contributed by atoms with Crippen LogP contribution in [0.5, 0.6) is 5.75 Å². The van der Waals surface area contributed by atoms with E-state index in [0.717, 1.165) is 33.9 Å². The summed E-state index contributed by atoms with van der Waals surface area (Å²) in [5.41, 5.74) is 4.03. The fourth-order valence-corrected chi connectivity index (χ4v) is 3.46. The van der Waals surface area contributed by atoms with E-state index in [1.165, 1.54) is 7.11 Å². The van der Waals surface area contributed by atoms with Crippen LogP contribution < -0.4 is 4.74 Å². The summed E-state index contributed by atoms with van der Waals surface area (Å²) >= 11 is 0. The molecule has 0 fully saturated rings. The SMILES string of the molecule is CC.COC(=O)C(C)(C)COc1ccc(-c2ccc(-c3ncc(COCc4ccccc4)[nH]3)cn2)cc1. The maximum absolute atomic E-state index is 11.8. The number of H-pyrrole nitrogens is 1. The normalized spacial score (nSPS) is 10.8. The molecular formula is C30H35N3O4. The molecule has 0 aliphatic heterocycles. The Labute approximate surface area is 218 Å². The summed E-state index contributed by atoms with van der Waals surface area (Å²) in [6.07, 6.45) is 3.58. The van der Waals surface area contributed by atoms with E-state index in [-0.39, 0.29) is 12.6 Å². The first-order valence-corrected chi connectivity index (χ1v) is 12.4. The van der Waals surface area contributed by atoms with Crippen molar-refractivity contribution >= 4 is 5.97 Å². The number of nitrogens with one attached hydrogen (secondary N) is 1. The number of pyridine rings is 1. The van der Waals surface area contributed by atoms with Gasteiger partial charge in [0.1, 0.15) is 18.2 Å². The van der Waals surface area contributed by atoms with Crippen molar-refractivity contribution in [3.05, 3.63) is 90.4 Å². The molecule has 2 aromatic heterocycles. The lowest BCUT2D eigenvalue weighted by Gasteiger charge is -2.21. The van der Waals surface area contributed by atoms with Crippen molar-refractivity contribution in [1.29, 1.82) is 0 Å². The number of ether oxygens (including phenoxy) is 3. The van der Waals surface area contributed by atoms with Crippen LogP contribution in [-0.2, 0) is 27.5 Å². The van der Waals surface area contributed by atoms with Crippen LogP contribution in [0.4, 0.5) is 0 Å². The van der Waals surface area contributed by atoms with Gasteiger partial charge >= 0.3 is 5.97 Å². The van der Waals surface area contributed by atoms with Gasteiger partial charge in [-0.15, -0.1) is 0 Å². The second-order valence-electron chi connectivity index (χ2n) is 8.86. The predicted octanol–water partition coefficient (Wildman–Crippen LogP) is 6.46. The summed E-state index contributed by atoms with van der Waals surface area (Å²) in [6, 6.07) is 21.6. The van der Waals surface area contributed by atoms with Crippen molar-refractivity contribution < 1.29 is 19.0 Å². The van der Waals surface area contributed by atoms with Crippen LogP contribution in [0.15, 0.2) is 79.1 Å². The molecule has 37 heavy (non-hydrogen) atoms. The molecule has 0 atom stereocenters. The Morgan fingerprint density at radius 3 is 2.22 bits per heavy atom. The minimum absolute atomic E-state index is 0.231. The number of benzene rings is 2. The van der Waals surface area contributed by atoms with E-state index in [1.54, 1.807) is 26.2 Å². The summed E-state index contributed by atoms with van der Waals surface area (Å²) in [7, 11) is 1.38. The van der Waals surface area contributed by atoms with Crippen LogP contribution in [0.25, 0.3) is 22.6 Å². The van der Waals surface area contributed by atoms with E-state index in [1.807, 2.05) is 80.6 Å². The molecule has 4 rings (SSSR count). The molecule has 1 N–H and O–H groups in total. The second-order valence-corrected chi connectivity index (χ2v) is 8.86. The predicted molar refractivity (Wildman–Crippen MR) is 145 cm³/mol. The highest BCUT2D eigenvalue weighted by Gasteiger charge is 2.29. The molecule has 0 radical (unpaired) electrons. The Balaban J connectivity index is 0.00000186. The number of nitrogens with zero attached hydrogens (tertiary/aromatic N) is 2. The molecular weight excluding hydrogens is 466 g/mol. The number of esters is 1. The van der Waals surface area contributed by atoms with Gasteiger partial charge < -0.3 is 19.2 Å². The minimum Gasteiger partial charge on any atom is -0.492 e. The summed E-state index contributed by atoms with van der Waals surface area (Å²) in [5, 5.41) is 0. The monoisotopic (exact) mass is 501 g/mol. The third kappa shape index (κ3) is 7.75. The molecule has 0 bridgehead atoms. The molecule has 7 nitrogen and oxygen atoms in total. The van der Waals surface area contributed by atoms with Crippen molar-refractivity contribution in [2.45, 2.75) is 40.9 Å². The Morgan fingerprint density at radius 2 is 1.57 bits per heavy atom. The number of imidazole rings is 1. The smallest absolute Gasteiger partial charge is 0.314 e. The molecule has 2 heterocycles. The molecule has 194 valence electrons. The number of rotatable bonds is 10. The number of hydrogen-bond acceptors (Lipinski definition) is 6. The first-order valence-electron chi connectivity index (χ1n) is 12.4. The van der Waals surface area contributed by atoms with Gasteiger partial charge in [-0.1, -0.05) is 44.2 Å². The van der Waals surface area contributed by atoms with Gasteiger partial charge in [0.25, 0.3) is 0 Å². The van der Waals surface area contributed by atoms with Gasteiger partial charge in [-0.2, -0.15) is 0 Å². The van der Waals surface area contributed by atoms with Crippen LogP contribution in [0.1, 0.15) is 39.0 Å². The number of methoxy groups -OCH3 is 1. The fraction of sp³-hybridized carbons (Fsp3) is 0.300. The van der Waals surface area contributed by atoms with Crippen molar-refractivity contribution in [2.75, 3.05) is 13.7 Å². The van der Waals surface area contributed by atoms with Gasteiger partial charge in [0.05, 0.1) is 43.3 Å². The topological polar surface area (TPSA) is 86.3 Å². The molecule has 0 saturated carbocycles. The van der Waals surface area contributed by atoms with Gasteiger partial charge in [0.2, 0.25) is 0 Å². The van der Waals surface area contributed by atoms with Crippen LogP contribution in [0, 0.1) is 5.41 Å². The summed E-state index contributed by atoms with van der Waals surface area (Å²) < 4.78 is 16.4. The highest BCUT2D eigenvalue weighted by atomic mass is 16.5. The van der Waals surface area contributed by atoms with Crippen molar-refractivity contribution in [3.8, 4) is 28.4 Å². The number of carbonyl (C=O) groups excluding carboxylic acids is 1. The third-order valence-corrected chi connectivity index (χ3v) is 5.52. The molecule has 4 aromatic rings. The standard InChI is InChI=1S/C28H29N3O4.C2H6/c1-28(2,27(32)33-3)19-35-24-12-9-21(10-13-24)25-14-11-22(15-29-25)26-30-16-23(31-26)18-34-17-20-7-5-4-6-8-20;1-2/h4-16H,17-19H2,1-3H3,(H,30,31);1-2H3. The van der Waals surface area contributed by atoms with Crippen LogP contribution in [-0.4, -0.2) is 34.6 Å². The highest BCUT2D eigenvalue weighted by molar-refractivity contribution is 5.76. The Hall–Kier alpha value is -3.97. The lowest BCUT2D eigenvalue weighted by Crippen LogP contribution is -2.32. The zero-order valence-electron chi connectivity index (χ0n) is 22.2. The zero-order valence-corrected chi connectivity index (χ0v) is 22.2. The van der Waals surface area contributed by atoms with Gasteiger partial charge in [0, 0.05) is 17.3 Å². The zero-order chi connectivity index (χ0) is 26.7. The molecule has 0 saturated heterocycles. The van der Waals surface area contributed by atoms with E-state index < -0.39 is 5.41 Å². The van der Waals surface area contributed by atoms with Crippen LogP contribution in [0.3, 0.4) is 0 Å². The lowest BCUT2D eigenvalue weighted by atomic mass is 9.95. The van der Waals surface area contributed by atoms with Gasteiger partial charge in [-0.25, -0.2) is 4.98 Å². The Kier molecular flexibility index (Phi) is 9.98. The van der Waals surface area contributed by atoms with Gasteiger partial charge in [0.15, 0.2) is 0 Å². The van der Waals surface area contributed by atoms with Gasteiger partial charge in [-0.3, -0.25) is 9.78 Å². The van der Waals surface area contributed by atoms with E-state index in [2.05, 4.69) is 15.0 Å². The molecule has 0 spiro atoms. The van der Waals surface area contributed by atoms with E-state index in [4.69, 9.17) is 14.2 Å². The van der Waals surface area contributed by atoms with Crippen LogP contribution in [0.2, 0.25) is 0 Å². The molecule has 7 heteroatoms. The quantitative estimate of drug-likeness (QED) is 0.251. The maximum Gasteiger partial charge on any atom is 0.314 e. The molecule has 0 unspecified atom stereocenters. The summed E-state index contributed by atoms with van der Waals surface area (Å²) in [6.45, 7) is 8.82. The minimum atomic E-state index is -0.718. The first kappa shape index (κ1) is 27.6. The average molecular weight is 502 g/mol. The van der Waals surface area contributed by atoms with Gasteiger partial charge in [-0.05, 0) is 55.8 Å². The highest BCUT2D eigenvalue weighted by Crippen LogP contribution is 2.25. The summed E-state index contributed by atoms with van der Waals surface area (Å²) in [5.74, 6) is 1.13. The maximum atomic E-state index is 11.8. The third-order valence-electron chi connectivity index (χ3n) is 5.52. The molecule has 0 aliphatic rings. The van der Waals surface area contributed by atoms with E-state index in [0.29, 0.717) is 19.0 Å². The van der Waals surface area contributed by atoms with Crippen molar-refractivity contribution in [2.24, 2.45) is 5.41 Å². The molecule has 0 aliphatic carbocycles. The number of aromatic nitrogens is 3. The number of aromatic amines is 1. The molecule has 2 aromatic carbocycles. The Bertz CT molecular complexity index is 1230. The fourth-order valence-electron chi connectivity index (χ4n) is 3.46. The summed E-state index contributed by atoms with van der Waals surface area (Å²) in [4.78, 5) is 24.1. The van der Waals surface area contributed by atoms with Crippen molar-refractivity contribution in [3.63, 3.8) is 0 Å².